The highest BCUT2D eigenvalue weighted by molar-refractivity contribution is 5.86. The summed E-state index contributed by atoms with van der Waals surface area (Å²) in [5, 5.41) is 13.6. The number of hydrogen-bond acceptors (Lipinski definition) is 4. The minimum Gasteiger partial charge on any atom is -0.480 e. The predicted octanol–water partition coefficient (Wildman–Crippen LogP) is -0.791. The highest BCUT2D eigenvalue weighted by Crippen LogP contribution is 1.99. The molecule has 0 saturated carbocycles. The third kappa shape index (κ3) is 7.61. The fraction of sp³-hybridized carbons (Fsp3) is 0.727. The molecule has 0 unspecified atom stereocenters. The average Bonchev–Trinajstić information content (AvgIpc) is 2.27. The number of nitrogens with two attached hydrogens (primary N) is 1. The molecule has 5 N–H and O–H groups in total. The van der Waals surface area contributed by atoms with Crippen LogP contribution in [0.4, 0.5) is 0 Å². The molecule has 18 heavy (non-hydrogen) atoms. The van der Waals surface area contributed by atoms with Gasteiger partial charge >= 0.3 is 5.97 Å². The van der Waals surface area contributed by atoms with Crippen LogP contribution in [0.2, 0.25) is 0 Å². The molecule has 0 aromatic heterocycles. The molecule has 0 saturated heterocycles. The van der Waals surface area contributed by atoms with Gasteiger partial charge in [0.15, 0.2) is 0 Å². The molecule has 0 radical (unpaired) electrons. The number of rotatable bonds is 8. The van der Waals surface area contributed by atoms with Gasteiger partial charge in [0.2, 0.25) is 11.8 Å². The van der Waals surface area contributed by atoms with E-state index in [0.717, 1.165) is 6.42 Å². The summed E-state index contributed by atoms with van der Waals surface area (Å²) in [5.74, 6) is -1.65. The SMILES string of the molecule is CC(=O)NCCCC[C@H](N)C(=O)N[C@@H](C)C(=O)O. The Morgan fingerprint density at radius 2 is 1.89 bits per heavy atom. The predicted molar refractivity (Wildman–Crippen MR) is 65.8 cm³/mol. The summed E-state index contributed by atoms with van der Waals surface area (Å²) >= 11 is 0. The molecule has 0 aromatic rings. The molecule has 7 nitrogen and oxygen atoms in total. The summed E-state index contributed by atoms with van der Waals surface area (Å²) < 4.78 is 0. The van der Waals surface area contributed by atoms with Gasteiger partial charge in [0.05, 0.1) is 6.04 Å². The molecular weight excluding hydrogens is 238 g/mol. The van der Waals surface area contributed by atoms with Crippen molar-refractivity contribution >= 4 is 17.8 Å². The number of hydrogen-bond donors (Lipinski definition) is 4. The second-order valence-corrected chi connectivity index (χ2v) is 4.15. The summed E-state index contributed by atoms with van der Waals surface area (Å²) in [6.45, 7) is 3.37. The number of carbonyl (C=O) groups is 3. The zero-order valence-electron chi connectivity index (χ0n) is 10.7. The van der Waals surface area contributed by atoms with Gasteiger partial charge in [-0.05, 0) is 26.2 Å². The van der Waals surface area contributed by atoms with Crippen LogP contribution < -0.4 is 16.4 Å². The van der Waals surface area contributed by atoms with Gasteiger partial charge in [0.25, 0.3) is 0 Å². The summed E-state index contributed by atoms with van der Waals surface area (Å²) in [5.41, 5.74) is 5.62. The molecule has 7 heteroatoms. The topological polar surface area (TPSA) is 122 Å². The molecule has 0 aliphatic rings. The van der Waals surface area contributed by atoms with E-state index < -0.39 is 24.0 Å². The van der Waals surface area contributed by atoms with Gasteiger partial charge in [-0.3, -0.25) is 14.4 Å². The molecule has 2 amide bonds. The third-order valence-electron chi connectivity index (χ3n) is 2.38. The van der Waals surface area contributed by atoms with E-state index in [1.165, 1.54) is 13.8 Å². The van der Waals surface area contributed by atoms with Crippen LogP contribution in [0.15, 0.2) is 0 Å². The van der Waals surface area contributed by atoms with E-state index in [1.807, 2.05) is 0 Å². The van der Waals surface area contributed by atoms with Crippen LogP contribution in [0.3, 0.4) is 0 Å². The van der Waals surface area contributed by atoms with Crippen LogP contribution >= 0.6 is 0 Å². The Morgan fingerprint density at radius 3 is 2.39 bits per heavy atom. The fourth-order valence-electron chi connectivity index (χ4n) is 1.27. The number of carboxylic acids is 1. The Balaban J connectivity index is 3.74. The first-order valence-corrected chi connectivity index (χ1v) is 5.87. The summed E-state index contributed by atoms with van der Waals surface area (Å²) in [4.78, 5) is 32.6. The number of carbonyl (C=O) groups excluding carboxylic acids is 2. The average molecular weight is 259 g/mol. The van der Waals surface area contributed by atoms with E-state index in [9.17, 15) is 14.4 Å². The summed E-state index contributed by atoms with van der Waals surface area (Å²) in [7, 11) is 0. The van der Waals surface area contributed by atoms with Crippen LogP contribution in [0.1, 0.15) is 33.1 Å². The zero-order chi connectivity index (χ0) is 14.1. The Morgan fingerprint density at radius 1 is 1.28 bits per heavy atom. The molecule has 0 aliphatic carbocycles. The van der Waals surface area contributed by atoms with E-state index >= 15 is 0 Å². The lowest BCUT2D eigenvalue weighted by Gasteiger charge is -2.14. The van der Waals surface area contributed by atoms with E-state index in [4.69, 9.17) is 10.8 Å². The number of carboxylic acid groups (broad SMARTS) is 1. The maximum absolute atomic E-state index is 11.5. The van der Waals surface area contributed by atoms with Gasteiger partial charge in [0, 0.05) is 13.5 Å². The Labute approximate surface area is 106 Å². The molecule has 0 bridgehead atoms. The largest absolute Gasteiger partial charge is 0.480 e. The lowest BCUT2D eigenvalue weighted by atomic mass is 10.1. The van der Waals surface area contributed by atoms with E-state index in [2.05, 4.69) is 10.6 Å². The first kappa shape index (κ1) is 16.4. The lowest BCUT2D eigenvalue weighted by molar-refractivity contribution is -0.141. The van der Waals surface area contributed by atoms with E-state index in [0.29, 0.717) is 19.4 Å². The molecule has 0 heterocycles. The smallest absolute Gasteiger partial charge is 0.325 e. The third-order valence-corrected chi connectivity index (χ3v) is 2.38. The van der Waals surface area contributed by atoms with E-state index in [1.54, 1.807) is 0 Å². The highest BCUT2D eigenvalue weighted by atomic mass is 16.4. The van der Waals surface area contributed by atoms with E-state index in [-0.39, 0.29) is 5.91 Å². The Kier molecular flexibility index (Phi) is 7.69. The molecule has 0 aliphatic heterocycles. The number of amides is 2. The van der Waals surface area contributed by atoms with Gasteiger partial charge < -0.3 is 21.5 Å². The van der Waals surface area contributed by atoms with Crippen LogP contribution in [-0.4, -0.2) is 41.5 Å². The first-order chi connectivity index (χ1) is 8.34. The minimum absolute atomic E-state index is 0.0904. The van der Waals surface area contributed by atoms with Gasteiger partial charge in [-0.25, -0.2) is 0 Å². The quantitative estimate of drug-likeness (QED) is 0.425. The molecule has 104 valence electrons. The van der Waals surface area contributed by atoms with Gasteiger partial charge in [0.1, 0.15) is 6.04 Å². The van der Waals surface area contributed by atoms with Crippen molar-refractivity contribution in [2.45, 2.75) is 45.2 Å². The van der Waals surface area contributed by atoms with Crippen LogP contribution in [0.5, 0.6) is 0 Å². The van der Waals surface area contributed by atoms with Crippen LogP contribution in [-0.2, 0) is 14.4 Å². The molecule has 0 rings (SSSR count). The monoisotopic (exact) mass is 259 g/mol. The maximum atomic E-state index is 11.5. The van der Waals surface area contributed by atoms with Crippen molar-refractivity contribution in [3.63, 3.8) is 0 Å². The van der Waals surface area contributed by atoms with Crippen molar-refractivity contribution < 1.29 is 19.5 Å². The fourth-order valence-corrected chi connectivity index (χ4v) is 1.27. The molecular formula is C11H21N3O4. The van der Waals surface area contributed by atoms with Crippen LogP contribution in [0.25, 0.3) is 0 Å². The van der Waals surface area contributed by atoms with Crippen molar-refractivity contribution in [1.29, 1.82) is 0 Å². The summed E-state index contributed by atoms with van der Waals surface area (Å²) in [6.07, 6.45) is 1.88. The number of nitrogens with one attached hydrogen (secondary N) is 2. The Hall–Kier alpha value is -1.63. The maximum Gasteiger partial charge on any atom is 0.325 e. The van der Waals surface area contributed by atoms with Crippen molar-refractivity contribution in [3.8, 4) is 0 Å². The zero-order valence-corrected chi connectivity index (χ0v) is 10.7. The van der Waals surface area contributed by atoms with Crippen molar-refractivity contribution in [3.05, 3.63) is 0 Å². The van der Waals surface area contributed by atoms with Crippen molar-refractivity contribution in [2.24, 2.45) is 5.73 Å². The van der Waals surface area contributed by atoms with Gasteiger partial charge in [-0.1, -0.05) is 0 Å². The molecule has 0 aromatic carbocycles. The number of unbranched alkanes of at least 4 members (excludes halogenated alkanes) is 1. The Bertz CT molecular complexity index is 307. The first-order valence-electron chi connectivity index (χ1n) is 5.87. The van der Waals surface area contributed by atoms with Crippen molar-refractivity contribution in [2.75, 3.05) is 6.54 Å². The summed E-state index contributed by atoms with van der Waals surface area (Å²) in [6, 6.07) is -1.66. The highest BCUT2D eigenvalue weighted by Gasteiger charge is 2.18. The number of aliphatic carboxylic acids is 1. The molecule has 2 atom stereocenters. The van der Waals surface area contributed by atoms with Crippen LogP contribution in [0, 0.1) is 0 Å². The van der Waals surface area contributed by atoms with Gasteiger partial charge in [-0.15, -0.1) is 0 Å². The normalized spacial score (nSPS) is 13.5. The molecule has 0 fully saturated rings. The lowest BCUT2D eigenvalue weighted by Crippen LogP contribution is -2.47. The van der Waals surface area contributed by atoms with Crippen molar-refractivity contribution in [1.82, 2.24) is 10.6 Å². The second kappa shape index (κ2) is 8.46. The standard InChI is InChI=1S/C11H21N3O4/c1-7(11(17)18)14-10(16)9(12)5-3-4-6-13-8(2)15/h7,9H,3-6,12H2,1-2H3,(H,13,15)(H,14,16)(H,17,18)/t7-,9-/m0/s1. The van der Waals surface area contributed by atoms with Gasteiger partial charge in [-0.2, -0.15) is 0 Å². The minimum atomic E-state index is -1.10. The molecule has 0 spiro atoms. The second-order valence-electron chi connectivity index (χ2n) is 4.15.